The van der Waals surface area contributed by atoms with Crippen LogP contribution < -0.4 is 0 Å². The number of rotatable bonds is 7. The maximum atomic E-state index is 12.8. The number of aromatic nitrogens is 2. The van der Waals surface area contributed by atoms with Crippen molar-refractivity contribution in [2.45, 2.75) is 51.5 Å². The van der Waals surface area contributed by atoms with E-state index < -0.39 is 0 Å². The Labute approximate surface area is 169 Å². The van der Waals surface area contributed by atoms with Crippen molar-refractivity contribution < 1.29 is 4.79 Å². The molecule has 28 heavy (non-hydrogen) atoms. The summed E-state index contributed by atoms with van der Waals surface area (Å²) in [4.78, 5) is 21.7. The average molecular weight is 383 g/mol. The minimum Gasteiger partial charge on any atom is -0.339 e. The van der Waals surface area contributed by atoms with Crippen molar-refractivity contribution in [3.8, 4) is 0 Å². The number of hydrogen-bond donors (Lipinski definition) is 0. The van der Waals surface area contributed by atoms with E-state index in [1.165, 1.54) is 11.4 Å². The normalized spacial score (nSPS) is 15.6. The Bertz CT molecular complexity index is 755. The quantitative estimate of drug-likeness (QED) is 0.727. The summed E-state index contributed by atoms with van der Waals surface area (Å²) in [6.07, 6.45) is 7.11. The fourth-order valence-electron chi connectivity index (χ4n) is 3.96. The number of aryl methyl sites for hydroxylation is 1. The molecule has 2 aromatic rings. The molecule has 0 radical (unpaired) electrons. The Morgan fingerprint density at radius 2 is 1.86 bits per heavy atom. The maximum absolute atomic E-state index is 12.8. The molecule has 0 N–H and O–H groups in total. The van der Waals surface area contributed by atoms with Crippen LogP contribution >= 0.6 is 0 Å². The topological polar surface area (TPSA) is 41.4 Å². The highest BCUT2D eigenvalue weighted by Crippen LogP contribution is 2.28. The lowest BCUT2D eigenvalue weighted by molar-refractivity contribution is 0.0710. The van der Waals surface area contributed by atoms with Crippen LogP contribution in [0.5, 0.6) is 0 Å². The summed E-state index contributed by atoms with van der Waals surface area (Å²) in [5.74, 6) is 2.28. The molecule has 5 nitrogen and oxygen atoms in total. The molecule has 0 bridgehead atoms. The van der Waals surface area contributed by atoms with Gasteiger partial charge in [-0.15, -0.1) is 0 Å². The van der Waals surface area contributed by atoms with Gasteiger partial charge in [0.1, 0.15) is 5.82 Å². The smallest absolute Gasteiger partial charge is 0.253 e. The summed E-state index contributed by atoms with van der Waals surface area (Å²) in [5, 5.41) is 0. The zero-order valence-corrected chi connectivity index (χ0v) is 17.8. The van der Waals surface area contributed by atoms with Crippen LogP contribution in [0.4, 0.5) is 0 Å². The molecule has 1 amide bonds. The highest BCUT2D eigenvalue weighted by atomic mass is 16.2. The Kier molecular flexibility index (Phi) is 6.89. The number of nitrogens with zero attached hydrogens (tertiary/aromatic N) is 4. The zero-order valence-electron chi connectivity index (χ0n) is 17.8. The van der Waals surface area contributed by atoms with Gasteiger partial charge in [0.15, 0.2) is 0 Å². The highest BCUT2D eigenvalue weighted by Gasteiger charge is 2.27. The first-order chi connectivity index (χ1) is 13.5. The van der Waals surface area contributed by atoms with Crippen LogP contribution in [-0.2, 0) is 6.54 Å². The molecule has 1 saturated heterocycles. The van der Waals surface area contributed by atoms with Crippen LogP contribution in [0.1, 0.15) is 66.7 Å². The van der Waals surface area contributed by atoms with Gasteiger partial charge >= 0.3 is 0 Å². The molecular formula is C23H34N4O. The maximum Gasteiger partial charge on any atom is 0.253 e. The molecule has 5 heteroatoms. The molecule has 2 heterocycles. The summed E-state index contributed by atoms with van der Waals surface area (Å²) < 4.78 is 2.30. The number of carbonyl (C=O) groups excluding carboxylic acids is 1. The molecule has 1 aromatic heterocycles. The molecule has 1 aliphatic heterocycles. The zero-order chi connectivity index (χ0) is 20.1. The third-order valence-electron chi connectivity index (χ3n) is 5.72. The molecule has 1 aliphatic rings. The summed E-state index contributed by atoms with van der Waals surface area (Å²) in [6, 6.07) is 8.10. The van der Waals surface area contributed by atoms with Crippen LogP contribution in [0.3, 0.4) is 0 Å². The lowest BCUT2D eigenvalue weighted by Crippen LogP contribution is -2.38. The Morgan fingerprint density at radius 1 is 1.18 bits per heavy atom. The molecule has 0 spiro atoms. The number of likely N-dealkylation sites (tertiary alicyclic amines) is 1. The lowest BCUT2D eigenvalue weighted by Gasteiger charge is -2.32. The van der Waals surface area contributed by atoms with Gasteiger partial charge in [0.25, 0.3) is 5.91 Å². The standard InChI is InChI=1S/C23H34N4O/c1-18(2)19-6-8-21(9-7-19)23(28)27-15-10-20(11-16-27)22-24-12-17-26(22)14-5-13-25(3)4/h6-9,12,17-18,20H,5,10-11,13-16H2,1-4H3. The second-order valence-corrected chi connectivity index (χ2v) is 8.48. The van der Waals surface area contributed by atoms with Gasteiger partial charge in [-0.25, -0.2) is 4.98 Å². The second-order valence-electron chi connectivity index (χ2n) is 8.48. The summed E-state index contributed by atoms with van der Waals surface area (Å²) in [7, 11) is 4.22. The van der Waals surface area contributed by atoms with E-state index in [0.717, 1.165) is 51.0 Å². The average Bonchev–Trinajstić information content (AvgIpc) is 3.16. The summed E-state index contributed by atoms with van der Waals surface area (Å²) >= 11 is 0. The molecule has 1 aromatic carbocycles. The first kappa shape index (κ1) is 20.6. The van der Waals surface area contributed by atoms with E-state index in [-0.39, 0.29) is 5.91 Å². The van der Waals surface area contributed by atoms with Gasteiger partial charge in [-0.2, -0.15) is 0 Å². The number of benzene rings is 1. The fourth-order valence-corrected chi connectivity index (χ4v) is 3.96. The molecule has 152 valence electrons. The van der Waals surface area contributed by atoms with Crippen LogP contribution in [0.15, 0.2) is 36.7 Å². The lowest BCUT2D eigenvalue weighted by atomic mass is 9.95. The van der Waals surface area contributed by atoms with E-state index in [9.17, 15) is 4.79 Å². The van der Waals surface area contributed by atoms with Crippen LogP contribution in [0.25, 0.3) is 0 Å². The molecular weight excluding hydrogens is 348 g/mol. The van der Waals surface area contributed by atoms with Gasteiger partial charge in [-0.3, -0.25) is 4.79 Å². The monoisotopic (exact) mass is 382 g/mol. The Balaban J connectivity index is 1.56. The van der Waals surface area contributed by atoms with Gasteiger partial charge in [0, 0.05) is 43.5 Å². The van der Waals surface area contributed by atoms with E-state index in [2.05, 4.69) is 60.7 Å². The van der Waals surface area contributed by atoms with Gasteiger partial charge in [0.05, 0.1) is 0 Å². The largest absolute Gasteiger partial charge is 0.339 e. The van der Waals surface area contributed by atoms with Gasteiger partial charge < -0.3 is 14.4 Å². The summed E-state index contributed by atoms with van der Waals surface area (Å²) in [5.41, 5.74) is 2.07. The molecule has 0 saturated carbocycles. The molecule has 0 atom stereocenters. The van der Waals surface area contributed by atoms with Crippen molar-refractivity contribution in [1.29, 1.82) is 0 Å². The molecule has 1 fully saturated rings. The predicted molar refractivity (Wildman–Crippen MR) is 114 cm³/mol. The first-order valence-electron chi connectivity index (χ1n) is 10.5. The van der Waals surface area contributed by atoms with Crippen molar-refractivity contribution in [3.05, 3.63) is 53.6 Å². The number of hydrogen-bond acceptors (Lipinski definition) is 3. The van der Waals surface area contributed by atoms with Crippen molar-refractivity contribution in [2.75, 3.05) is 33.7 Å². The second kappa shape index (κ2) is 9.37. The number of amides is 1. The Hall–Kier alpha value is -2.14. The molecule has 0 unspecified atom stereocenters. The van der Waals surface area contributed by atoms with Crippen LogP contribution in [0, 0.1) is 0 Å². The minimum atomic E-state index is 0.156. The van der Waals surface area contributed by atoms with Crippen molar-refractivity contribution in [3.63, 3.8) is 0 Å². The first-order valence-corrected chi connectivity index (χ1v) is 10.5. The van der Waals surface area contributed by atoms with Gasteiger partial charge in [-0.05, 0) is 63.5 Å². The predicted octanol–water partition coefficient (Wildman–Crippen LogP) is 3.98. The van der Waals surface area contributed by atoms with E-state index in [1.807, 2.05) is 23.2 Å². The van der Waals surface area contributed by atoms with Crippen molar-refractivity contribution >= 4 is 5.91 Å². The molecule has 3 rings (SSSR count). The fraction of sp³-hybridized carbons (Fsp3) is 0.565. The Morgan fingerprint density at radius 3 is 2.46 bits per heavy atom. The van der Waals surface area contributed by atoms with E-state index >= 15 is 0 Å². The van der Waals surface area contributed by atoms with Crippen molar-refractivity contribution in [2.24, 2.45) is 0 Å². The molecule has 0 aliphatic carbocycles. The van der Waals surface area contributed by atoms with Crippen LogP contribution in [0.2, 0.25) is 0 Å². The number of piperidine rings is 1. The number of imidazole rings is 1. The van der Waals surface area contributed by atoms with E-state index in [4.69, 9.17) is 0 Å². The van der Waals surface area contributed by atoms with E-state index in [1.54, 1.807) is 0 Å². The third-order valence-corrected chi connectivity index (χ3v) is 5.72. The minimum absolute atomic E-state index is 0.156. The van der Waals surface area contributed by atoms with Gasteiger partial charge in [-0.1, -0.05) is 26.0 Å². The van der Waals surface area contributed by atoms with Gasteiger partial charge in [0.2, 0.25) is 0 Å². The van der Waals surface area contributed by atoms with E-state index in [0.29, 0.717) is 11.8 Å². The van der Waals surface area contributed by atoms with Crippen LogP contribution in [-0.4, -0.2) is 59.0 Å². The SMILES string of the molecule is CC(C)c1ccc(C(=O)N2CCC(c3nccn3CCCN(C)C)CC2)cc1. The number of carbonyl (C=O) groups is 1. The van der Waals surface area contributed by atoms with Crippen molar-refractivity contribution in [1.82, 2.24) is 19.4 Å². The summed E-state index contributed by atoms with van der Waals surface area (Å²) in [6.45, 7) is 8.05. The highest BCUT2D eigenvalue weighted by molar-refractivity contribution is 5.94. The third kappa shape index (κ3) is 5.02.